The molecule has 3 aromatic heterocycles. The second-order valence-corrected chi connectivity index (χ2v) is 9.86. The molecule has 0 atom stereocenters. The number of rotatable bonds is 8. The van der Waals surface area contributed by atoms with E-state index in [9.17, 15) is 18.8 Å². The van der Waals surface area contributed by atoms with Crippen molar-refractivity contribution in [3.05, 3.63) is 107 Å². The normalized spacial score (nSPS) is 11.4. The van der Waals surface area contributed by atoms with Crippen LogP contribution in [0.25, 0.3) is 22.5 Å². The molecule has 0 aliphatic rings. The molecule has 0 saturated heterocycles. The lowest BCUT2D eigenvalue weighted by atomic mass is 10.2. The highest BCUT2D eigenvalue weighted by Gasteiger charge is 2.21. The lowest BCUT2D eigenvalue weighted by Gasteiger charge is -2.16. The van der Waals surface area contributed by atoms with Gasteiger partial charge in [0.2, 0.25) is 5.91 Å². The number of benzene rings is 2. The number of aromatic nitrogens is 5. The summed E-state index contributed by atoms with van der Waals surface area (Å²) in [7, 11) is 5.46. The summed E-state index contributed by atoms with van der Waals surface area (Å²) < 4.78 is 16.2. The standard InChI is InChI=1S/C30H28FN9O3/c1-37(2)13-5-8-25(41)38(3)23-6-4-7-24(15-23)40-28-26(27(32)34-18-35-28)39(30(40)43)22-11-9-19(10-12-22)29(42)36-21-14-20(31)16-33-17-21/h4-12,14-18H,13H2,1-3H3,(H,36,42)(H2,32,34,35). The van der Waals surface area contributed by atoms with Crippen LogP contribution in [-0.4, -0.2) is 68.5 Å². The first-order valence-corrected chi connectivity index (χ1v) is 13.1. The quantitative estimate of drug-likeness (QED) is 0.266. The molecule has 3 heterocycles. The molecule has 0 fully saturated rings. The third-order valence-corrected chi connectivity index (χ3v) is 6.54. The van der Waals surface area contributed by atoms with Gasteiger partial charge in [-0.05, 0) is 56.6 Å². The highest BCUT2D eigenvalue weighted by Crippen LogP contribution is 2.25. The molecule has 43 heavy (non-hydrogen) atoms. The first-order chi connectivity index (χ1) is 20.6. The summed E-state index contributed by atoms with van der Waals surface area (Å²) in [6.07, 6.45) is 6.90. The zero-order chi connectivity index (χ0) is 30.7. The number of nitrogen functional groups attached to an aromatic ring is 1. The van der Waals surface area contributed by atoms with Crippen LogP contribution in [0.2, 0.25) is 0 Å². The van der Waals surface area contributed by atoms with Crippen LogP contribution < -0.4 is 21.6 Å². The second kappa shape index (κ2) is 12.0. The smallest absolute Gasteiger partial charge is 0.339 e. The van der Waals surface area contributed by atoms with Gasteiger partial charge in [-0.25, -0.2) is 23.7 Å². The van der Waals surface area contributed by atoms with Crippen molar-refractivity contribution in [1.82, 2.24) is 29.0 Å². The number of nitrogens with zero attached hydrogens (tertiary/aromatic N) is 7. The minimum atomic E-state index is -0.579. The van der Waals surface area contributed by atoms with E-state index in [1.54, 1.807) is 49.5 Å². The number of halogens is 1. The topological polar surface area (TPSA) is 144 Å². The van der Waals surface area contributed by atoms with Gasteiger partial charge < -0.3 is 20.9 Å². The maximum Gasteiger partial charge on any atom is 0.339 e. The molecule has 0 spiro atoms. The van der Waals surface area contributed by atoms with E-state index in [1.165, 1.54) is 44.8 Å². The molecule has 3 N–H and O–H groups in total. The van der Waals surface area contributed by atoms with Crippen molar-refractivity contribution in [1.29, 1.82) is 0 Å². The summed E-state index contributed by atoms with van der Waals surface area (Å²) in [5.41, 5.74) is 8.19. The number of pyridine rings is 1. The van der Waals surface area contributed by atoms with Crippen molar-refractivity contribution >= 4 is 40.2 Å². The number of likely N-dealkylation sites (N-methyl/N-ethyl adjacent to an activating group) is 2. The molecular formula is C30H28FN9O3. The highest BCUT2D eigenvalue weighted by molar-refractivity contribution is 6.04. The van der Waals surface area contributed by atoms with Crippen molar-refractivity contribution in [2.24, 2.45) is 0 Å². The number of nitrogens with one attached hydrogen (secondary N) is 1. The van der Waals surface area contributed by atoms with Crippen LogP contribution in [0.3, 0.4) is 0 Å². The van der Waals surface area contributed by atoms with E-state index in [-0.39, 0.29) is 34.1 Å². The Morgan fingerprint density at radius 2 is 1.77 bits per heavy atom. The van der Waals surface area contributed by atoms with E-state index in [0.717, 1.165) is 12.3 Å². The molecule has 218 valence electrons. The van der Waals surface area contributed by atoms with Gasteiger partial charge in [-0.15, -0.1) is 0 Å². The average molecular weight is 582 g/mol. The fourth-order valence-corrected chi connectivity index (χ4v) is 4.41. The number of hydrogen-bond acceptors (Lipinski definition) is 8. The highest BCUT2D eigenvalue weighted by atomic mass is 19.1. The Balaban J connectivity index is 1.51. The first kappa shape index (κ1) is 28.8. The summed E-state index contributed by atoms with van der Waals surface area (Å²) >= 11 is 0. The largest absolute Gasteiger partial charge is 0.382 e. The van der Waals surface area contributed by atoms with Gasteiger partial charge >= 0.3 is 5.69 Å². The predicted molar refractivity (Wildman–Crippen MR) is 162 cm³/mol. The van der Waals surface area contributed by atoms with Gasteiger partial charge in [0.25, 0.3) is 5.91 Å². The summed E-state index contributed by atoms with van der Waals surface area (Å²) in [5, 5.41) is 2.58. The minimum Gasteiger partial charge on any atom is -0.382 e. The average Bonchev–Trinajstić information content (AvgIpc) is 3.29. The fraction of sp³-hybridized carbons (Fsp3) is 0.133. The van der Waals surface area contributed by atoms with E-state index in [1.807, 2.05) is 19.0 Å². The van der Waals surface area contributed by atoms with E-state index in [2.05, 4.69) is 20.3 Å². The molecule has 2 amide bonds. The predicted octanol–water partition coefficient (Wildman–Crippen LogP) is 3.02. The molecule has 13 heteroatoms. The van der Waals surface area contributed by atoms with Crippen LogP contribution in [-0.2, 0) is 4.79 Å². The van der Waals surface area contributed by atoms with Crippen LogP contribution >= 0.6 is 0 Å². The monoisotopic (exact) mass is 581 g/mol. The fourth-order valence-electron chi connectivity index (χ4n) is 4.41. The zero-order valence-corrected chi connectivity index (χ0v) is 23.6. The van der Waals surface area contributed by atoms with E-state index < -0.39 is 17.4 Å². The minimum absolute atomic E-state index is 0.0794. The summed E-state index contributed by atoms with van der Waals surface area (Å²) in [5.74, 6) is -1.21. The lowest BCUT2D eigenvalue weighted by Crippen LogP contribution is -2.25. The number of nitrogens with two attached hydrogens (primary N) is 1. The molecule has 0 unspecified atom stereocenters. The Kier molecular flexibility index (Phi) is 8.07. The molecule has 2 aromatic carbocycles. The van der Waals surface area contributed by atoms with Gasteiger partial charge in [0.1, 0.15) is 17.7 Å². The van der Waals surface area contributed by atoms with Gasteiger partial charge in [-0.3, -0.25) is 19.1 Å². The number of anilines is 3. The van der Waals surface area contributed by atoms with Crippen LogP contribution in [0.4, 0.5) is 21.6 Å². The molecule has 0 bridgehead atoms. The molecular weight excluding hydrogens is 553 g/mol. The number of carbonyl (C=O) groups is 2. The van der Waals surface area contributed by atoms with E-state index >= 15 is 0 Å². The Hall–Kier alpha value is -5.69. The molecule has 0 aliphatic heterocycles. The second-order valence-electron chi connectivity index (χ2n) is 9.86. The number of carbonyl (C=O) groups excluding carboxylic acids is 2. The molecule has 0 aliphatic carbocycles. The maximum absolute atomic E-state index is 13.9. The van der Waals surface area contributed by atoms with Gasteiger partial charge in [0.05, 0.1) is 29.5 Å². The van der Waals surface area contributed by atoms with E-state index in [0.29, 0.717) is 23.6 Å². The Labute approximate surface area is 245 Å². The summed E-state index contributed by atoms with van der Waals surface area (Å²) in [6, 6.07) is 14.3. The molecule has 5 rings (SSSR count). The molecule has 0 saturated carbocycles. The number of imidazole rings is 1. The number of amides is 2. The molecule has 5 aromatic rings. The lowest BCUT2D eigenvalue weighted by molar-refractivity contribution is -0.113. The summed E-state index contributed by atoms with van der Waals surface area (Å²) in [4.78, 5) is 55.0. The van der Waals surface area contributed by atoms with Crippen LogP contribution in [0.1, 0.15) is 10.4 Å². The van der Waals surface area contributed by atoms with Crippen molar-refractivity contribution in [2.75, 3.05) is 43.6 Å². The van der Waals surface area contributed by atoms with E-state index in [4.69, 9.17) is 5.73 Å². The van der Waals surface area contributed by atoms with Crippen LogP contribution in [0.5, 0.6) is 0 Å². The van der Waals surface area contributed by atoms with Crippen LogP contribution in [0.15, 0.2) is 90.3 Å². The Morgan fingerprint density at radius 1 is 1.00 bits per heavy atom. The third kappa shape index (κ3) is 6.01. The van der Waals surface area contributed by atoms with Gasteiger partial charge in [0, 0.05) is 37.0 Å². The van der Waals surface area contributed by atoms with Gasteiger partial charge in [0.15, 0.2) is 11.5 Å². The Morgan fingerprint density at radius 3 is 2.49 bits per heavy atom. The summed E-state index contributed by atoms with van der Waals surface area (Å²) in [6.45, 7) is 0.617. The molecule has 0 radical (unpaired) electrons. The number of fused-ring (bicyclic) bond motifs is 1. The maximum atomic E-state index is 13.9. The zero-order valence-electron chi connectivity index (χ0n) is 23.6. The number of hydrogen-bond donors (Lipinski definition) is 2. The van der Waals surface area contributed by atoms with Crippen molar-refractivity contribution < 1.29 is 14.0 Å². The molecule has 12 nitrogen and oxygen atoms in total. The van der Waals surface area contributed by atoms with Crippen molar-refractivity contribution in [2.45, 2.75) is 0 Å². The third-order valence-electron chi connectivity index (χ3n) is 6.54. The Bertz CT molecular complexity index is 1910. The van der Waals surface area contributed by atoms with Gasteiger partial charge in [-0.1, -0.05) is 12.1 Å². The van der Waals surface area contributed by atoms with Crippen LogP contribution in [0, 0.1) is 5.82 Å². The SMILES string of the molecule is CN(C)CC=CC(=O)N(C)c1cccc(-n2c(=O)n(-c3ccc(C(=O)Nc4cncc(F)c4)cc3)c3c(N)ncnc32)c1. The first-order valence-electron chi connectivity index (χ1n) is 13.1. The van der Waals surface area contributed by atoms with Gasteiger partial charge in [-0.2, -0.15) is 0 Å². The van der Waals surface area contributed by atoms with Crippen molar-refractivity contribution in [3.8, 4) is 11.4 Å². The van der Waals surface area contributed by atoms with Crippen molar-refractivity contribution in [3.63, 3.8) is 0 Å².